The predicted octanol–water partition coefficient (Wildman–Crippen LogP) is 3.51. The van der Waals surface area contributed by atoms with Gasteiger partial charge in [-0.05, 0) is 55.3 Å². The molecule has 1 fully saturated rings. The van der Waals surface area contributed by atoms with Gasteiger partial charge in [-0.25, -0.2) is 0 Å². The van der Waals surface area contributed by atoms with Crippen LogP contribution >= 0.6 is 11.6 Å². The first kappa shape index (κ1) is 14.9. The molecule has 1 atom stereocenters. The first-order chi connectivity index (χ1) is 11.2. The second-order valence-electron chi connectivity index (χ2n) is 6.19. The zero-order valence-corrected chi connectivity index (χ0v) is 13.6. The summed E-state index contributed by atoms with van der Waals surface area (Å²) in [7, 11) is 0. The van der Waals surface area contributed by atoms with Crippen molar-refractivity contribution in [3.63, 3.8) is 0 Å². The Kier molecular flexibility index (Phi) is 3.93. The minimum atomic E-state index is -0.546. The Hall–Kier alpha value is -1.68. The van der Waals surface area contributed by atoms with Crippen LogP contribution in [-0.2, 0) is 6.42 Å². The van der Waals surface area contributed by atoms with Crippen molar-refractivity contribution in [2.24, 2.45) is 0 Å². The lowest BCUT2D eigenvalue weighted by Crippen LogP contribution is -2.24. The van der Waals surface area contributed by atoms with Crippen LogP contribution in [0.4, 0.5) is 0 Å². The Morgan fingerprint density at radius 1 is 1.17 bits per heavy atom. The van der Waals surface area contributed by atoms with Crippen molar-refractivity contribution >= 4 is 17.2 Å². The number of halogens is 1. The van der Waals surface area contributed by atoms with Gasteiger partial charge >= 0.3 is 0 Å². The quantitative estimate of drug-likeness (QED) is 0.778. The Balaban J connectivity index is 2.01. The van der Waals surface area contributed by atoms with Crippen molar-refractivity contribution in [2.45, 2.75) is 25.4 Å². The van der Waals surface area contributed by atoms with E-state index in [1.165, 1.54) is 16.7 Å². The lowest BCUT2D eigenvalue weighted by atomic mass is 9.89. The molecular formula is C19H19ClN2O. The minimum absolute atomic E-state index is 0.546. The summed E-state index contributed by atoms with van der Waals surface area (Å²) in [4.78, 5) is 4.64. The zero-order valence-electron chi connectivity index (χ0n) is 12.8. The van der Waals surface area contributed by atoms with E-state index in [0.29, 0.717) is 11.4 Å². The summed E-state index contributed by atoms with van der Waals surface area (Å²) >= 11 is 6.20. The van der Waals surface area contributed by atoms with Gasteiger partial charge in [-0.1, -0.05) is 29.3 Å². The summed E-state index contributed by atoms with van der Waals surface area (Å²) in [6, 6.07) is 9.88. The van der Waals surface area contributed by atoms with E-state index in [0.717, 1.165) is 42.8 Å². The molecule has 1 saturated heterocycles. The summed E-state index contributed by atoms with van der Waals surface area (Å²) < 4.78 is 0. The predicted molar refractivity (Wildman–Crippen MR) is 92.5 cm³/mol. The van der Waals surface area contributed by atoms with Crippen LogP contribution in [0.1, 0.15) is 41.3 Å². The molecule has 3 nitrogen and oxygen atoms in total. The molecule has 23 heavy (non-hydrogen) atoms. The molecule has 0 unspecified atom stereocenters. The van der Waals surface area contributed by atoms with E-state index in [-0.39, 0.29) is 0 Å². The number of piperidine rings is 1. The molecule has 4 rings (SSSR count). The molecule has 0 amide bonds. The summed E-state index contributed by atoms with van der Waals surface area (Å²) in [6.45, 7) is 1.99. The van der Waals surface area contributed by atoms with Crippen molar-refractivity contribution in [3.8, 4) is 0 Å². The van der Waals surface area contributed by atoms with Gasteiger partial charge in [0.2, 0.25) is 0 Å². The average Bonchev–Trinajstić information content (AvgIpc) is 2.70. The third-order valence-corrected chi connectivity index (χ3v) is 4.98. The van der Waals surface area contributed by atoms with E-state index in [1.54, 1.807) is 0 Å². The maximum absolute atomic E-state index is 10.7. The highest BCUT2D eigenvalue weighted by molar-refractivity contribution is 6.30. The topological polar surface area (TPSA) is 45.1 Å². The van der Waals surface area contributed by atoms with Crippen LogP contribution in [-0.4, -0.2) is 23.2 Å². The molecule has 0 bridgehead atoms. The van der Waals surface area contributed by atoms with Gasteiger partial charge in [0.05, 0.1) is 11.8 Å². The second-order valence-corrected chi connectivity index (χ2v) is 6.63. The van der Waals surface area contributed by atoms with Crippen LogP contribution in [0.25, 0.3) is 5.57 Å². The molecule has 0 radical (unpaired) electrons. The standard InChI is InChI=1S/C19H19ClN2O/c20-14-3-4-15-13(10-14)11-17(23)16-2-1-7-22-19(16)18(15)12-5-8-21-9-6-12/h1-4,7,10,17,21,23H,5-6,8-9,11H2/t17-/m0/s1. The summed E-state index contributed by atoms with van der Waals surface area (Å²) in [6.07, 6.45) is 3.88. The maximum atomic E-state index is 10.7. The molecule has 0 spiro atoms. The van der Waals surface area contributed by atoms with Gasteiger partial charge in [-0.2, -0.15) is 0 Å². The van der Waals surface area contributed by atoms with Crippen molar-refractivity contribution in [3.05, 3.63) is 69.5 Å². The van der Waals surface area contributed by atoms with Gasteiger partial charge in [-0.15, -0.1) is 0 Å². The number of nitrogens with one attached hydrogen (secondary N) is 1. The number of aromatic nitrogens is 1. The van der Waals surface area contributed by atoms with E-state index in [2.05, 4.69) is 16.4 Å². The summed E-state index contributed by atoms with van der Waals surface area (Å²) in [5, 5.41) is 14.8. The number of hydrogen-bond acceptors (Lipinski definition) is 3. The fourth-order valence-corrected chi connectivity index (χ4v) is 3.85. The molecule has 4 heteroatoms. The molecule has 1 aromatic carbocycles. The first-order valence-electron chi connectivity index (χ1n) is 8.09. The third-order valence-electron chi connectivity index (χ3n) is 4.75. The van der Waals surface area contributed by atoms with E-state index in [1.807, 2.05) is 30.5 Å². The first-order valence-corrected chi connectivity index (χ1v) is 8.47. The largest absolute Gasteiger partial charge is 0.388 e. The Morgan fingerprint density at radius 3 is 2.83 bits per heavy atom. The van der Waals surface area contributed by atoms with Crippen LogP contribution in [0, 0.1) is 0 Å². The number of pyridine rings is 1. The van der Waals surface area contributed by atoms with Gasteiger partial charge in [0.1, 0.15) is 0 Å². The van der Waals surface area contributed by atoms with Crippen molar-refractivity contribution in [2.75, 3.05) is 13.1 Å². The lowest BCUT2D eigenvalue weighted by Gasteiger charge is -2.21. The van der Waals surface area contributed by atoms with Crippen molar-refractivity contribution in [1.29, 1.82) is 0 Å². The number of benzene rings is 1. The number of aliphatic hydroxyl groups is 1. The molecule has 1 aliphatic heterocycles. The van der Waals surface area contributed by atoms with Crippen molar-refractivity contribution in [1.82, 2.24) is 10.3 Å². The van der Waals surface area contributed by atoms with Crippen LogP contribution in [0.3, 0.4) is 0 Å². The molecule has 2 aliphatic rings. The Morgan fingerprint density at radius 2 is 2.00 bits per heavy atom. The molecule has 1 aliphatic carbocycles. The lowest BCUT2D eigenvalue weighted by molar-refractivity contribution is 0.178. The summed E-state index contributed by atoms with van der Waals surface area (Å²) in [5.74, 6) is 0. The highest BCUT2D eigenvalue weighted by Gasteiger charge is 2.27. The Bertz CT molecular complexity index is 777. The molecule has 1 aromatic heterocycles. The fraction of sp³-hybridized carbons (Fsp3) is 0.316. The molecule has 0 saturated carbocycles. The van der Waals surface area contributed by atoms with Crippen LogP contribution in [0.5, 0.6) is 0 Å². The number of aliphatic hydroxyl groups excluding tert-OH is 1. The van der Waals surface area contributed by atoms with E-state index >= 15 is 0 Å². The zero-order chi connectivity index (χ0) is 15.8. The van der Waals surface area contributed by atoms with Crippen LogP contribution < -0.4 is 5.32 Å². The number of rotatable bonds is 0. The maximum Gasteiger partial charge on any atom is 0.0851 e. The minimum Gasteiger partial charge on any atom is -0.388 e. The monoisotopic (exact) mass is 326 g/mol. The Labute approximate surface area is 141 Å². The van der Waals surface area contributed by atoms with Gasteiger partial charge in [-0.3, -0.25) is 4.98 Å². The molecule has 2 heterocycles. The van der Waals surface area contributed by atoms with Gasteiger partial charge in [0, 0.05) is 28.8 Å². The van der Waals surface area contributed by atoms with Gasteiger partial charge in [0.15, 0.2) is 0 Å². The van der Waals surface area contributed by atoms with E-state index in [9.17, 15) is 5.11 Å². The highest BCUT2D eigenvalue weighted by atomic mass is 35.5. The molecule has 2 N–H and O–H groups in total. The van der Waals surface area contributed by atoms with Crippen LogP contribution in [0.2, 0.25) is 5.02 Å². The second kappa shape index (κ2) is 6.08. The summed E-state index contributed by atoms with van der Waals surface area (Å²) in [5.41, 5.74) is 6.73. The van der Waals surface area contributed by atoms with Crippen LogP contribution in [0.15, 0.2) is 42.1 Å². The SMILES string of the molecule is O[C@H]1Cc2cc(Cl)ccc2C(=C2CCNCC2)c2ncccc21. The number of fused-ring (bicyclic) bond motifs is 2. The normalized spacial score (nSPS) is 20.7. The van der Waals surface area contributed by atoms with Gasteiger partial charge in [0.25, 0.3) is 0 Å². The average molecular weight is 327 g/mol. The third kappa shape index (κ3) is 2.69. The van der Waals surface area contributed by atoms with Gasteiger partial charge < -0.3 is 10.4 Å². The number of nitrogens with zero attached hydrogens (tertiary/aromatic N) is 1. The molecular weight excluding hydrogens is 308 g/mol. The number of hydrogen-bond donors (Lipinski definition) is 2. The van der Waals surface area contributed by atoms with E-state index in [4.69, 9.17) is 11.6 Å². The molecule has 118 valence electrons. The van der Waals surface area contributed by atoms with Crippen molar-refractivity contribution < 1.29 is 5.11 Å². The fourth-order valence-electron chi connectivity index (χ4n) is 3.65. The smallest absolute Gasteiger partial charge is 0.0851 e. The molecule has 2 aromatic rings. The highest BCUT2D eigenvalue weighted by Crippen LogP contribution is 2.40. The van der Waals surface area contributed by atoms with E-state index < -0.39 is 6.10 Å².